The number of hydrogen-bond acceptors (Lipinski definition) is 5. The first-order chi connectivity index (χ1) is 7.31. The standard InChI is InChI=1S/C9H13BrO6/c1-4(2)6(12)7(13)8(9(14)15)16-5(11)3-10/h7-8,12-13H,3H2,1-2H3,(H,14,15)/t7-,8-/m1/s1. The summed E-state index contributed by atoms with van der Waals surface area (Å²) in [6.45, 7) is 2.98. The maximum Gasteiger partial charge on any atom is 0.348 e. The van der Waals surface area contributed by atoms with E-state index in [0.717, 1.165) is 0 Å². The number of allylic oxidation sites excluding steroid dienone is 1. The molecule has 0 saturated heterocycles. The van der Waals surface area contributed by atoms with Crippen molar-refractivity contribution in [3.8, 4) is 0 Å². The zero-order valence-electron chi connectivity index (χ0n) is 8.81. The highest BCUT2D eigenvalue weighted by Gasteiger charge is 2.33. The lowest BCUT2D eigenvalue weighted by Gasteiger charge is -2.19. The predicted molar refractivity (Wildman–Crippen MR) is 58.3 cm³/mol. The smallest absolute Gasteiger partial charge is 0.348 e. The van der Waals surface area contributed by atoms with Crippen molar-refractivity contribution in [3.63, 3.8) is 0 Å². The number of carboxylic acid groups (broad SMARTS) is 1. The number of aliphatic hydroxyl groups is 2. The van der Waals surface area contributed by atoms with E-state index in [9.17, 15) is 19.8 Å². The molecule has 0 heterocycles. The van der Waals surface area contributed by atoms with Crippen LogP contribution in [0.4, 0.5) is 0 Å². The van der Waals surface area contributed by atoms with Crippen LogP contribution in [0.25, 0.3) is 0 Å². The van der Waals surface area contributed by atoms with Gasteiger partial charge in [0.15, 0.2) is 6.10 Å². The van der Waals surface area contributed by atoms with Gasteiger partial charge >= 0.3 is 11.9 Å². The Labute approximate surface area is 101 Å². The van der Waals surface area contributed by atoms with Crippen LogP contribution in [0.2, 0.25) is 0 Å². The van der Waals surface area contributed by atoms with E-state index >= 15 is 0 Å². The number of aliphatic carboxylic acids is 1. The molecule has 0 aromatic rings. The van der Waals surface area contributed by atoms with Gasteiger partial charge in [-0.2, -0.15) is 0 Å². The molecule has 16 heavy (non-hydrogen) atoms. The number of esters is 1. The summed E-state index contributed by atoms with van der Waals surface area (Å²) < 4.78 is 4.46. The quantitative estimate of drug-likeness (QED) is 0.390. The summed E-state index contributed by atoms with van der Waals surface area (Å²) in [5.41, 5.74) is 0.341. The van der Waals surface area contributed by atoms with E-state index in [4.69, 9.17) is 5.11 Å². The van der Waals surface area contributed by atoms with Crippen LogP contribution in [0.15, 0.2) is 11.3 Å². The summed E-state index contributed by atoms with van der Waals surface area (Å²) in [4.78, 5) is 21.6. The average Bonchev–Trinajstić information content (AvgIpc) is 2.22. The highest BCUT2D eigenvalue weighted by atomic mass is 79.9. The van der Waals surface area contributed by atoms with Crippen molar-refractivity contribution in [3.05, 3.63) is 11.3 Å². The summed E-state index contributed by atoms with van der Waals surface area (Å²) >= 11 is 2.78. The van der Waals surface area contributed by atoms with E-state index in [-0.39, 0.29) is 5.33 Å². The molecule has 0 unspecified atom stereocenters. The maximum atomic E-state index is 10.9. The summed E-state index contributed by atoms with van der Waals surface area (Å²) in [6, 6.07) is 0. The molecule has 0 radical (unpaired) electrons. The Bertz CT molecular complexity index is 307. The van der Waals surface area contributed by atoms with E-state index in [1.165, 1.54) is 13.8 Å². The number of hydrogen-bond donors (Lipinski definition) is 3. The van der Waals surface area contributed by atoms with Crippen LogP contribution in [0, 0.1) is 0 Å². The second-order valence-electron chi connectivity index (χ2n) is 3.21. The molecular weight excluding hydrogens is 284 g/mol. The second kappa shape index (κ2) is 6.49. The molecule has 0 aliphatic heterocycles. The molecule has 2 atom stereocenters. The minimum atomic E-state index is -1.82. The Morgan fingerprint density at radius 3 is 2.12 bits per heavy atom. The van der Waals surface area contributed by atoms with Gasteiger partial charge in [-0.15, -0.1) is 0 Å². The molecule has 0 aliphatic rings. The van der Waals surface area contributed by atoms with Gasteiger partial charge in [0.2, 0.25) is 6.10 Å². The van der Waals surface area contributed by atoms with Crippen molar-refractivity contribution in [1.82, 2.24) is 0 Å². The molecule has 0 aromatic heterocycles. The third-order valence-electron chi connectivity index (χ3n) is 1.69. The van der Waals surface area contributed by atoms with Crippen molar-refractivity contribution < 1.29 is 29.6 Å². The summed E-state index contributed by atoms with van der Waals surface area (Å²) in [5.74, 6) is -2.89. The van der Waals surface area contributed by atoms with E-state index in [2.05, 4.69) is 20.7 Å². The van der Waals surface area contributed by atoms with Crippen LogP contribution >= 0.6 is 15.9 Å². The van der Waals surface area contributed by atoms with Crippen LogP contribution in [0.5, 0.6) is 0 Å². The zero-order valence-corrected chi connectivity index (χ0v) is 10.4. The second-order valence-corrected chi connectivity index (χ2v) is 3.77. The number of aliphatic hydroxyl groups excluding tert-OH is 2. The number of ether oxygens (including phenoxy) is 1. The fourth-order valence-electron chi connectivity index (χ4n) is 0.862. The number of carbonyl (C=O) groups is 2. The van der Waals surface area contributed by atoms with Gasteiger partial charge in [-0.05, 0) is 19.4 Å². The topological polar surface area (TPSA) is 104 Å². The van der Waals surface area contributed by atoms with Crippen molar-refractivity contribution in [2.45, 2.75) is 26.1 Å². The molecular formula is C9H13BrO6. The molecule has 0 fully saturated rings. The minimum Gasteiger partial charge on any atom is -0.509 e. The lowest BCUT2D eigenvalue weighted by Crippen LogP contribution is -2.40. The number of rotatable bonds is 5. The first-order valence-electron chi connectivity index (χ1n) is 4.33. The lowest BCUT2D eigenvalue weighted by atomic mass is 10.1. The van der Waals surface area contributed by atoms with Crippen molar-refractivity contribution in [1.29, 1.82) is 0 Å². The minimum absolute atomic E-state index is 0.195. The molecule has 0 aliphatic carbocycles. The highest BCUT2D eigenvalue weighted by molar-refractivity contribution is 9.09. The third-order valence-corrected chi connectivity index (χ3v) is 2.15. The van der Waals surface area contributed by atoms with Crippen molar-refractivity contribution in [2.75, 3.05) is 5.33 Å². The fourth-order valence-corrected chi connectivity index (χ4v) is 0.994. The average molecular weight is 297 g/mol. The highest BCUT2D eigenvalue weighted by Crippen LogP contribution is 2.12. The number of carboxylic acids is 1. The maximum absolute atomic E-state index is 10.9. The summed E-state index contributed by atoms with van der Waals surface area (Å²) in [5, 5.41) is 27.4. The van der Waals surface area contributed by atoms with Gasteiger partial charge in [0.25, 0.3) is 0 Å². The van der Waals surface area contributed by atoms with Gasteiger partial charge in [-0.1, -0.05) is 15.9 Å². The van der Waals surface area contributed by atoms with Crippen LogP contribution in [-0.4, -0.2) is 44.8 Å². The Morgan fingerprint density at radius 2 is 1.81 bits per heavy atom. The van der Waals surface area contributed by atoms with E-state index < -0.39 is 29.9 Å². The monoisotopic (exact) mass is 296 g/mol. The number of alkyl halides is 1. The molecule has 0 bridgehead atoms. The zero-order chi connectivity index (χ0) is 12.9. The molecule has 3 N–H and O–H groups in total. The number of carbonyl (C=O) groups excluding carboxylic acids is 1. The number of halogens is 1. The first kappa shape index (κ1) is 14.9. The molecule has 0 amide bonds. The lowest BCUT2D eigenvalue weighted by molar-refractivity contribution is -0.169. The molecule has 0 rings (SSSR count). The van der Waals surface area contributed by atoms with Crippen LogP contribution in [0.3, 0.4) is 0 Å². The van der Waals surface area contributed by atoms with Gasteiger partial charge in [0, 0.05) is 0 Å². The SMILES string of the molecule is CC(C)=C(O)[C@@H](O)[C@@H](OC(=O)CBr)C(=O)O. The third kappa shape index (κ3) is 4.19. The Hall–Kier alpha value is -1.08. The van der Waals surface area contributed by atoms with Crippen molar-refractivity contribution in [2.24, 2.45) is 0 Å². The largest absolute Gasteiger partial charge is 0.509 e. The first-order valence-corrected chi connectivity index (χ1v) is 5.46. The predicted octanol–water partition coefficient (Wildman–Crippen LogP) is 0.591. The van der Waals surface area contributed by atoms with Crippen LogP contribution in [-0.2, 0) is 14.3 Å². The van der Waals surface area contributed by atoms with Crippen molar-refractivity contribution >= 4 is 27.9 Å². The van der Waals surface area contributed by atoms with E-state index in [1.54, 1.807) is 0 Å². The summed E-state index contributed by atoms with van der Waals surface area (Å²) in [7, 11) is 0. The van der Waals surface area contributed by atoms with Crippen LogP contribution in [0.1, 0.15) is 13.8 Å². The molecule has 6 nitrogen and oxygen atoms in total. The van der Waals surface area contributed by atoms with Gasteiger partial charge in [-0.25, -0.2) is 4.79 Å². The fraction of sp³-hybridized carbons (Fsp3) is 0.556. The molecule has 0 saturated carbocycles. The van der Waals surface area contributed by atoms with Gasteiger partial charge in [-0.3, -0.25) is 4.79 Å². The Morgan fingerprint density at radius 1 is 1.31 bits per heavy atom. The van der Waals surface area contributed by atoms with E-state index in [1.807, 2.05) is 0 Å². The molecule has 92 valence electrons. The van der Waals surface area contributed by atoms with E-state index in [0.29, 0.717) is 5.57 Å². The van der Waals surface area contributed by atoms with Gasteiger partial charge in [0.05, 0.1) is 0 Å². The Kier molecular flexibility index (Phi) is 6.05. The van der Waals surface area contributed by atoms with Crippen LogP contribution < -0.4 is 0 Å². The van der Waals surface area contributed by atoms with Gasteiger partial charge in [0.1, 0.15) is 11.1 Å². The van der Waals surface area contributed by atoms with Gasteiger partial charge < -0.3 is 20.1 Å². The molecule has 7 heteroatoms. The summed E-state index contributed by atoms with van der Waals surface area (Å²) in [6.07, 6.45) is -3.59. The molecule has 0 spiro atoms. The normalized spacial score (nSPS) is 13.8. The molecule has 0 aromatic carbocycles. The Balaban J connectivity index is 4.87.